The van der Waals surface area contributed by atoms with E-state index in [1.54, 1.807) is 12.1 Å². The molecule has 6 nitrogen and oxygen atoms in total. The molecule has 0 aliphatic heterocycles. The first kappa shape index (κ1) is 12.5. The lowest BCUT2D eigenvalue weighted by atomic mass is 10.2. The van der Waals surface area contributed by atoms with Crippen LogP contribution in [0.25, 0.3) is 11.2 Å². The Morgan fingerprint density at radius 1 is 1.35 bits per heavy atom. The molecule has 3 aromatic heterocycles. The lowest BCUT2D eigenvalue weighted by Gasteiger charge is -1.98. The van der Waals surface area contributed by atoms with Crippen molar-refractivity contribution in [2.45, 2.75) is 0 Å². The highest BCUT2D eigenvalue weighted by Crippen LogP contribution is 2.18. The summed E-state index contributed by atoms with van der Waals surface area (Å²) in [5.74, 6) is -0.573. The summed E-state index contributed by atoms with van der Waals surface area (Å²) in [6.07, 6.45) is 1.45. The minimum Gasteiger partial charge on any atom is -0.465 e. The van der Waals surface area contributed by atoms with E-state index in [0.29, 0.717) is 21.6 Å². The van der Waals surface area contributed by atoms with Gasteiger partial charge in [-0.3, -0.25) is 4.79 Å². The summed E-state index contributed by atoms with van der Waals surface area (Å²) in [7, 11) is 1.29. The average molecular weight is 287 g/mol. The zero-order valence-corrected chi connectivity index (χ0v) is 11.2. The van der Waals surface area contributed by atoms with Crippen molar-refractivity contribution < 1.29 is 14.3 Å². The van der Waals surface area contributed by atoms with E-state index < -0.39 is 5.97 Å². The third kappa shape index (κ3) is 1.97. The molecule has 0 aliphatic rings. The smallest absolute Gasteiger partial charge is 0.340 e. The molecule has 0 saturated carbocycles. The highest BCUT2D eigenvalue weighted by Gasteiger charge is 2.19. The maximum Gasteiger partial charge on any atom is 0.340 e. The number of H-pyrrole nitrogens is 1. The number of nitrogens with zero attached hydrogens (tertiary/aromatic N) is 2. The summed E-state index contributed by atoms with van der Waals surface area (Å²) in [6.45, 7) is 0. The maximum absolute atomic E-state index is 12.2. The first-order valence-electron chi connectivity index (χ1n) is 5.72. The Morgan fingerprint density at radius 2 is 2.20 bits per heavy atom. The minimum atomic E-state index is -0.504. The van der Waals surface area contributed by atoms with E-state index in [4.69, 9.17) is 0 Å². The standard InChI is InChI=1S/C13H9N3O3S/c1-19-13(18)7-4-5-14-11-9(7)15-12(16-11)10(17)8-3-2-6-20-8/h2-6H,1H3,(H,14,15,16). The third-order valence-electron chi connectivity index (χ3n) is 2.76. The topological polar surface area (TPSA) is 84.9 Å². The van der Waals surface area contributed by atoms with Gasteiger partial charge in [-0.25, -0.2) is 14.8 Å². The number of imidazole rings is 1. The normalized spacial score (nSPS) is 10.7. The zero-order chi connectivity index (χ0) is 14.1. The Hall–Kier alpha value is -2.54. The van der Waals surface area contributed by atoms with E-state index >= 15 is 0 Å². The molecular formula is C13H9N3O3S. The minimum absolute atomic E-state index is 0.159. The van der Waals surface area contributed by atoms with Crippen LogP contribution in [0.4, 0.5) is 0 Å². The van der Waals surface area contributed by atoms with Crippen molar-refractivity contribution in [1.82, 2.24) is 15.0 Å². The van der Waals surface area contributed by atoms with Gasteiger partial charge in [0.25, 0.3) is 0 Å². The van der Waals surface area contributed by atoms with E-state index in [1.807, 2.05) is 5.38 Å². The quantitative estimate of drug-likeness (QED) is 0.588. The van der Waals surface area contributed by atoms with Gasteiger partial charge in [0.05, 0.1) is 23.1 Å². The number of nitrogens with one attached hydrogen (secondary N) is 1. The third-order valence-corrected chi connectivity index (χ3v) is 3.63. The first-order chi connectivity index (χ1) is 9.70. The highest BCUT2D eigenvalue weighted by molar-refractivity contribution is 7.12. The van der Waals surface area contributed by atoms with Gasteiger partial charge in [-0.15, -0.1) is 11.3 Å². The molecule has 1 N–H and O–H groups in total. The van der Waals surface area contributed by atoms with Crippen LogP contribution in [0.3, 0.4) is 0 Å². The molecule has 0 aromatic carbocycles. The Balaban J connectivity index is 2.11. The van der Waals surface area contributed by atoms with Crippen LogP contribution in [0, 0.1) is 0 Å². The molecule has 100 valence electrons. The van der Waals surface area contributed by atoms with Gasteiger partial charge in [0, 0.05) is 6.20 Å². The van der Waals surface area contributed by atoms with Crippen molar-refractivity contribution in [1.29, 1.82) is 0 Å². The lowest BCUT2D eigenvalue weighted by Crippen LogP contribution is -2.03. The number of ketones is 1. The highest BCUT2D eigenvalue weighted by atomic mass is 32.1. The van der Waals surface area contributed by atoms with E-state index in [-0.39, 0.29) is 11.6 Å². The second-order valence-corrected chi connectivity index (χ2v) is 4.89. The summed E-state index contributed by atoms with van der Waals surface area (Å²) < 4.78 is 4.69. The molecule has 7 heteroatoms. The average Bonchev–Trinajstić information content (AvgIpc) is 3.13. The lowest BCUT2D eigenvalue weighted by molar-refractivity contribution is 0.0602. The molecule has 3 aromatic rings. The Kier molecular flexibility index (Phi) is 3.03. The predicted octanol–water partition coefficient (Wildman–Crippen LogP) is 2.04. The molecule has 0 spiro atoms. The molecule has 0 radical (unpaired) electrons. The van der Waals surface area contributed by atoms with Crippen molar-refractivity contribution in [2.24, 2.45) is 0 Å². The molecule has 0 atom stereocenters. The number of hydrogen-bond donors (Lipinski definition) is 1. The number of aromatic nitrogens is 3. The Bertz CT molecular complexity index is 792. The monoisotopic (exact) mass is 287 g/mol. The van der Waals surface area contributed by atoms with Gasteiger partial charge in [0.15, 0.2) is 11.5 Å². The largest absolute Gasteiger partial charge is 0.465 e. The summed E-state index contributed by atoms with van der Waals surface area (Å²) in [5, 5.41) is 1.81. The molecule has 0 amide bonds. The number of ether oxygens (including phenoxy) is 1. The van der Waals surface area contributed by atoms with Crippen molar-refractivity contribution >= 4 is 34.3 Å². The molecule has 0 aliphatic carbocycles. The number of esters is 1. The molecule has 3 heterocycles. The van der Waals surface area contributed by atoms with Crippen LogP contribution in [0.15, 0.2) is 29.8 Å². The van der Waals surface area contributed by atoms with Gasteiger partial charge in [-0.2, -0.15) is 0 Å². The van der Waals surface area contributed by atoms with Crippen LogP contribution in [0.2, 0.25) is 0 Å². The van der Waals surface area contributed by atoms with E-state index in [9.17, 15) is 9.59 Å². The van der Waals surface area contributed by atoms with Crippen LogP contribution in [-0.2, 0) is 4.74 Å². The van der Waals surface area contributed by atoms with Gasteiger partial charge in [-0.05, 0) is 17.5 Å². The SMILES string of the molecule is COC(=O)c1ccnc2nc(C(=O)c3cccs3)[nH]c12. The molecule has 3 rings (SSSR count). The summed E-state index contributed by atoms with van der Waals surface area (Å²) in [4.78, 5) is 35.5. The van der Waals surface area contributed by atoms with Crippen molar-refractivity contribution in [3.05, 3.63) is 46.0 Å². The number of fused-ring (bicyclic) bond motifs is 1. The number of rotatable bonds is 3. The Labute approximate surface area is 117 Å². The fourth-order valence-electron chi connectivity index (χ4n) is 1.82. The van der Waals surface area contributed by atoms with E-state index in [0.717, 1.165) is 0 Å². The molecule has 0 saturated heterocycles. The number of hydrogen-bond acceptors (Lipinski definition) is 6. The second-order valence-electron chi connectivity index (χ2n) is 3.94. The number of methoxy groups -OCH3 is 1. The van der Waals surface area contributed by atoms with Crippen LogP contribution in [-0.4, -0.2) is 33.8 Å². The van der Waals surface area contributed by atoms with Gasteiger partial charge in [0.2, 0.25) is 5.78 Å². The number of thiophene rings is 1. The van der Waals surface area contributed by atoms with Crippen molar-refractivity contribution in [2.75, 3.05) is 7.11 Å². The first-order valence-corrected chi connectivity index (χ1v) is 6.60. The van der Waals surface area contributed by atoms with Crippen molar-refractivity contribution in [3.63, 3.8) is 0 Å². The van der Waals surface area contributed by atoms with Crippen LogP contribution in [0.5, 0.6) is 0 Å². The van der Waals surface area contributed by atoms with Gasteiger partial charge in [0.1, 0.15) is 0 Å². The van der Waals surface area contributed by atoms with E-state index in [2.05, 4.69) is 19.7 Å². The van der Waals surface area contributed by atoms with Crippen LogP contribution < -0.4 is 0 Å². The predicted molar refractivity (Wildman–Crippen MR) is 73.0 cm³/mol. The van der Waals surface area contributed by atoms with Crippen LogP contribution >= 0.6 is 11.3 Å². The van der Waals surface area contributed by atoms with Crippen molar-refractivity contribution in [3.8, 4) is 0 Å². The molecule has 0 fully saturated rings. The number of pyridine rings is 1. The summed E-state index contributed by atoms with van der Waals surface area (Å²) in [6, 6.07) is 5.03. The van der Waals surface area contributed by atoms with Gasteiger partial charge in [-0.1, -0.05) is 6.07 Å². The van der Waals surface area contributed by atoms with Gasteiger partial charge >= 0.3 is 5.97 Å². The summed E-state index contributed by atoms with van der Waals surface area (Å²) >= 11 is 1.33. The molecule has 20 heavy (non-hydrogen) atoms. The van der Waals surface area contributed by atoms with Gasteiger partial charge < -0.3 is 9.72 Å². The second kappa shape index (κ2) is 4.86. The maximum atomic E-state index is 12.2. The molecule has 0 unspecified atom stereocenters. The summed E-state index contributed by atoms with van der Waals surface area (Å²) in [5.41, 5.74) is 1.02. The number of carbonyl (C=O) groups is 2. The fourth-order valence-corrected chi connectivity index (χ4v) is 2.49. The molecular weight excluding hydrogens is 278 g/mol. The number of aromatic amines is 1. The van der Waals surface area contributed by atoms with Crippen LogP contribution in [0.1, 0.15) is 25.9 Å². The Morgan fingerprint density at radius 3 is 2.90 bits per heavy atom. The molecule has 0 bridgehead atoms. The zero-order valence-electron chi connectivity index (χ0n) is 10.4. The van der Waals surface area contributed by atoms with E-state index in [1.165, 1.54) is 30.7 Å². The fraction of sp³-hybridized carbons (Fsp3) is 0.0769. The number of carbonyl (C=O) groups excluding carboxylic acids is 2.